The van der Waals surface area contributed by atoms with Crippen molar-refractivity contribution in [2.45, 2.75) is 26.3 Å². The Kier molecular flexibility index (Phi) is 4.31. The van der Waals surface area contributed by atoms with Gasteiger partial charge in [-0.3, -0.25) is 9.69 Å². The van der Waals surface area contributed by atoms with E-state index in [1.54, 1.807) is 11.3 Å². The summed E-state index contributed by atoms with van der Waals surface area (Å²) in [4.78, 5) is 16.4. The standard InChI is InChI=1S/C13H20N2OS/c1-3-14-11-6-7-15(8-11)9-12(16)13-5-4-10(2)17-13/h4-5,11,14H,3,6-9H2,1-2H3. The molecule has 0 amide bonds. The Morgan fingerprint density at radius 3 is 3.06 bits per heavy atom. The zero-order valence-electron chi connectivity index (χ0n) is 10.5. The molecule has 2 rings (SSSR count). The lowest BCUT2D eigenvalue weighted by Gasteiger charge is -2.14. The third kappa shape index (κ3) is 3.37. The third-order valence-electron chi connectivity index (χ3n) is 3.15. The third-order valence-corrected chi connectivity index (χ3v) is 4.19. The summed E-state index contributed by atoms with van der Waals surface area (Å²) in [5.74, 6) is 0.264. The van der Waals surface area contributed by atoms with Crippen LogP contribution < -0.4 is 5.32 Å². The monoisotopic (exact) mass is 252 g/mol. The molecule has 1 saturated heterocycles. The van der Waals surface area contributed by atoms with E-state index in [2.05, 4.69) is 17.1 Å². The summed E-state index contributed by atoms with van der Waals surface area (Å²) < 4.78 is 0. The van der Waals surface area contributed by atoms with Gasteiger partial charge in [-0.1, -0.05) is 6.92 Å². The van der Waals surface area contributed by atoms with Crippen molar-refractivity contribution >= 4 is 17.1 Å². The van der Waals surface area contributed by atoms with Gasteiger partial charge >= 0.3 is 0 Å². The van der Waals surface area contributed by atoms with Crippen LogP contribution in [0.5, 0.6) is 0 Å². The Morgan fingerprint density at radius 1 is 1.59 bits per heavy atom. The maximum absolute atomic E-state index is 12.0. The minimum absolute atomic E-state index is 0.264. The van der Waals surface area contributed by atoms with Crippen LogP contribution in [0.2, 0.25) is 0 Å². The Morgan fingerprint density at radius 2 is 2.41 bits per heavy atom. The van der Waals surface area contributed by atoms with Crippen molar-refractivity contribution in [3.8, 4) is 0 Å². The molecule has 1 atom stereocenters. The van der Waals surface area contributed by atoms with Crippen LogP contribution >= 0.6 is 11.3 Å². The molecule has 94 valence electrons. The zero-order chi connectivity index (χ0) is 12.3. The summed E-state index contributed by atoms with van der Waals surface area (Å²) in [6.45, 7) is 7.79. The largest absolute Gasteiger partial charge is 0.313 e. The molecule has 0 aromatic carbocycles. The van der Waals surface area contributed by atoms with Crippen molar-refractivity contribution in [3.63, 3.8) is 0 Å². The fraction of sp³-hybridized carbons (Fsp3) is 0.615. The number of ketones is 1. The van der Waals surface area contributed by atoms with Crippen LogP contribution in [0.25, 0.3) is 0 Å². The highest BCUT2D eigenvalue weighted by Crippen LogP contribution is 2.17. The summed E-state index contributed by atoms with van der Waals surface area (Å²) in [5, 5.41) is 3.44. The maximum atomic E-state index is 12.0. The minimum atomic E-state index is 0.264. The van der Waals surface area contributed by atoms with Crippen molar-refractivity contribution in [1.82, 2.24) is 10.2 Å². The number of hydrogen-bond donors (Lipinski definition) is 1. The topological polar surface area (TPSA) is 32.3 Å². The van der Waals surface area contributed by atoms with Crippen molar-refractivity contribution in [2.24, 2.45) is 0 Å². The second-order valence-corrected chi connectivity index (χ2v) is 5.90. The number of carbonyl (C=O) groups excluding carboxylic acids is 1. The van der Waals surface area contributed by atoms with Crippen LogP contribution in [0.1, 0.15) is 27.9 Å². The Balaban J connectivity index is 1.84. The van der Waals surface area contributed by atoms with Gasteiger partial charge in [0.2, 0.25) is 0 Å². The van der Waals surface area contributed by atoms with Crippen molar-refractivity contribution in [3.05, 3.63) is 21.9 Å². The number of hydrogen-bond acceptors (Lipinski definition) is 4. The van der Waals surface area contributed by atoms with Crippen LogP contribution in [0.15, 0.2) is 12.1 Å². The van der Waals surface area contributed by atoms with Gasteiger partial charge in [0.15, 0.2) is 5.78 Å². The zero-order valence-corrected chi connectivity index (χ0v) is 11.3. The summed E-state index contributed by atoms with van der Waals surface area (Å²) in [5.41, 5.74) is 0. The molecule has 0 spiro atoms. The highest BCUT2D eigenvalue weighted by molar-refractivity contribution is 7.14. The molecule has 0 radical (unpaired) electrons. The summed E-state index contributed by atoms with van der Waals surface area (Å²) in [6, 6.07) is 4.53. The van der Waals surface area contributed by atoms with Gasteiger partial charge in [0.1, 0.15) is 0 Å². The normalized spacial score (nSPS) is 20.9. The second kappa shape index (κ2) is 5.76. The number of aryl methyl sites for hydroxylation is 1. The first-order chi connectivity index (χ1) is 8.19. The van der Waals surface area contributed by atoms with E-state index in [1.165, 1.54) is 4.88 Å². The molecular weight excluding hydrogens is 232 g/mol. The molecule has 2 heterocycles. The van der Waals surface area contributed by atoms with Crippen molar-refractivity contribution in [2.75, 3.05) is 26.2 Å². The summed E-state index contributed by atoms with van der Waals surface area (Å²) in [7, 11) is 0. The van der Waals surface area contributed by atoms with Gasteiger partial charge in [-0.2, -0.15) is 0 Å². The molecule has 0 bridgehead atoms. The maximum Gasteiger partial charge on any atom is 0.186 e. The average Bonchev–Trinajstić information content (AvgIpc) is 2.88. The molecule has 0 saturated carbocycles. The minimum Gasteiger partial charge on any atom is -0.313 e. The number of likely N-dealkylation sites (N-methyl/N-ethyl adjacent to an activating group) is 1. The van der Waals surface area contributed by atoms with Gasteiger partial charge in [-0.05, 0) is 32.0 Å². The average molecular weight is 252 g/mol. The second-order valence-electron chi connectivity index (χ2n) is 4.61. The lowest BCUT2D eigenvalue weighted by molar-refractivity contribution is 0.0948. The lowest BCUT2D eigenvalue weighted by atomic mass is 10.3. The molecule has 1 aromatic rings. The number of nitrogens with one attached hydrogen (secondary N) is 1. The van der Waals surface area contributed by atoms with E-state index >= 15 is 0 Å². The van der Waals surface area contributed by atoms with Gasteiger partial charge < -0.3 is 5.32 Å². The van der Waals surface area contributed by atoms with E-state index in [9.17, 15) is 4.79 Å². The first-order valence-electron chi connectivity index (χ1n) is 6.24. The molecule has 1 aliphatic rings. The first kappa shape index (κ1) is 12.7. The number of rotatable bonds is 5. The molecule has 1 fully saturated rings. The number of Topliss-reactive ketones (excluding diaryl/α,β-unsaturated/α-hetero) is 1. The van der Waals surface area contributed by atoms with Crippen molar-refractivity contribution in [1.29, 1.82) is 0 Å². The van der Waals surface area contributed by atoms with Crippen LogP contribution in [0.4, 0.5) is 0 Å². The fourth-order valence-corrected chi connectivity index (χ4v) is 3.09. The molecule has 4 heteroatoms. The van der Waals surface area contributed by atoms with Gasteiger partial charge in [0.25, 0.3) is 0 Å². The first-order valence-corrected chi connectivity index (χ1v) is 7.06. The van der Waals surface area contributed by atoms with E-state index in [0.717, 1.165) is 30.9 Å². The van der Waals surface area contributed by atoms with E-state index < -0.39 is 0 Å². The molecule has 1 aromatic heterocycles. The Bertz CT molecular complexity index is 389. The molecule has 17 heavy (non-hydrogen) atoms. The van der Waals surface area contributed by atoms with Gasteiger partial charge in [-0.25, -0.2) is 0 Å². The van der Waals surface area contributed by atoms with Crippen molar-refractivity contribution < 1.29 is 4.79 Å². The van der Waals surface area contributed by atoms with Crippen LogP contribution in [-0.4, -0.2) is 42.9 Å². The molecule has 1 N–H and O–H groups in total. The summed E-state index contributed by atoms with van der Waals surface area (Å²) in [6.07, 6.45) is 1.16. The van der Waals surface area contributed by atoms with E-state index in [4.69, 9.17) is 0 Å². The van der Waals surface area contributed by atoms with E-state index in [1.807, 2.05) is 19.1 Å². The van der Waals surface area contributed by atoms with Crippen LogP contribution in [0, 0.1) is 6.92 Å². The van der Waals surface area contributed by atoms with Gasteiger partial charge in [0, 0.05) is 24.0 Å². The predicted molar refractivity (Wildman–Crippen MR) is 71.9 cm³/mol. The molecule has 3 nitrogen and oxygen atoms in total. The number of thiophene rings is 1. The highest BCUT2D eigenvalue weighted by Gasteiger charge is 2.23. The van der Waals surface area contributed by atoms with E-state index in [0.29, 0.717) is 12.6 Å². The predicted octanol–water partition coefficient (Wildman–Crippen LogP) is 1.92. The fourth-order valence-electron chi connectivity index (χ4n) is 2.30. The molecule has 1 aliphatic heterocycles. The molecular formula is C13H20N2OS. The molecule has 0 aliphatic carbocycles. The highest BCUT2D eigenvalue weighted by atomic mass is 32.1. The van der Waals surface area contributed by atoms with Crippen LogP contribution in [-0.2, 0) is 0 Å². The van der Waals surface area contributed by atoms with Crippen LogP contribution in [0.3, 0.4) is 0 Å². The number of carbonyl (C=O) groups is 1. The van der Waals surface area contributed by atoms with Gasteiger partial charge in [0.05, 0.1) is 11.4 Å². The smallest absolute Gasteiger partial charge is 0.186 e. The quantitative estimate of drug-likeness (QED) is 0.813. The Labute approximate surface area is 107 Å². The Hall–Kier alpha value is -0.710. The SMILES string of the molecule is CCNC1CCN(CC(=O)c2ccc(C)s2)C1. The van der Waals surface area contributed by atoms with Gasteiger partial charge in [-0.15, -0.1) is 11.3 Å². The number of likely N-dealkylation sites (tertiary alicyclic amines) is 1. The lowest BCUT2D eigenvalue weighted by Crippen LogP contribution is -2.34. The molecule has 1 unspecified atom stereocenters. The summed E-state index contributed by atoms with van der Waals surface area (Å²) >= 11 is 1.60. The number of nitrogens with zero attached hydrogens (tertiary/aromatic N) is 1. The van der Waals surface area contributed by atoms with E-state index in [-0.39, 0.29) is 5.78 Å².